The molecular weight excluding hydrogens is 274 g/mol. The first-order valence-corrected chi connectivity index (χ1v) is 8.34. The van der Waals surface area contributed by atoms with Gasteiger partial charge in [0.2, 0.25) is 0 Å². The van der Waals surface area contributed by atoms with Gasteiger partial charge in [0.05, 0.1) is 23.0 Å². The van der Waals surface area contributed by atoms with Gasteiger partial charge in [-0.25, -0.2) is 8.42 Å². The van der Waals surface area contributed by atoms with Gasteiger partial charge >= 0.3 is 0 Å². The maximum absolute atomic E-state index is 12.1. The summed E-state index contributed by atoms with van der Waals surface area (Å²) < 4.78 is 29.6. The minimum absolute atomic E-state index is 0.0369. The topological polar surface area (TPSA) is 59.3 Å². The summed E-state index contributed by atoms with van der Waals surface area (Å²) in [6.45, 7) is 2.02. The molecule has 2 atom stereocenters. The smallest absolute Gasteiger partial charge is 0.178 e. The van der Waals surface area contributed by atoms with Gasteiger partial charge in [0.15, 0.2) is 9.84 Å². The third-order valence-corrected chi connectivity index (χ3v) is 5.54. The summed E-state index contributed by atoms with van der Waals surface area (Å²) in [4.78, 5) is 0.454. The first-order valence-electron chi connectivity index (χ1n) is 6.69. The Hall–Kier alpha value is -1.59. The van der Waals surface area contributed by atoms with Crippen LogP contribution in [0.4, 0.5) is 0 Å². The molecule has 1 aromatic heterocycles. The van der Waals surface area contributed by atoms with Crippen LogP contribution in [0, 0.1) is 0 Å². The molecule has 0 aliphatic carbocycles. The molecule has 1 N–H and O–H groups in total. The lowest BCUT2D eigenvalue weighted by Crippen LogP contribution is -2.31. The lowest BCUT2D eigenvalue weighted by Gasteiger charge is -2.28. The highest BCUT2D eigenvalue weighted by Crippen LogP contribution is 2.33. The van der Waals surface area contributed by atoms with Gasteiger partial charge in [0.25, 0.3) is 0 Å². The predicted molar refractivity (Wildman–Crippen MR) is 76.1 cm³/mol. The Kier molecular flexibility index (Phi) is 3.40. The van der Waals surface area contributed by atoms with E-state index in [1.54, 1.807) is 18.4 Å². The molecule has 1 unspecified atom stereocenters. The predicted octanol–water partition coefficient (Wildman–Crippen LogP) is 2.85. The summed E-state index contributed by atoms with van der Waals surface area (Å²) in [6.07, 6.45) is 2.23. The zero-order valence-corrected chi connectivity index (χ0v) is 12.1. The maximum atomic E-state index is 12.1. The van der Waals surface area contributed by atoms with Crippen molar-refractivity contribution in [3.8, 4) is 0 Å². The van der Waals surface area contributed by atoms with Gasteiger partial charge < -0.3 is 9.73 Å². The molecule has 3 rings (SSSR count). The van der Waals surface area contributed by atoms with E-state index in [0.717, 1.165) is 11.3 Å². The number of hydrogen-bond acceptors (Lipinski definition) is 4. The lowest BCUT2D eigenvalue weighted by molar-refractivity contribution is 0.381. The monoisotopic (exact) mass is 291 g/mol. The molecule has 106 valence electrons. The molecule has 20 heavy (non-hydrogen) atoms. The summed E-state index contributed by atoms with van der Waals surface area (Å²) in [6, 6.07) is 11.1. The van der Waals surface area contributed by atoms with E-state index in [9.17, 15) is 8.42 Å². The minimum atomic E-state index is -3.13. The van der Waals surface area contributed by atoms with Gasteiger partial charge in [-0.3, -0.25) is 0 Å². The molecule has 0 spiro atoms. The van der Waals surface area contributed by atoms with Crippen LogP contribution in [0.1, 0.15) is 36.8 Å². The van der Waals surface area contributed by atoms with Crippen molar-refractivity contribution in [2.24, 2.45) is 0 Å². The van der Waals surface area contributed by atoms with Gasteiger partial charge in [-0.05, 0) is 37.1 Å². The fraction of sp³-hybridized carbons (Fsp3) is 0.333. The normalized spacial score (nSPS) is 22.1. The number of benzene rings is 1. The molecule has 4 nitrogen and oxygen atoms in total. The molecule has 2 aromatic rings. The SMILES string of the molecule is C[C@@H](NC1CCS(=O)(=O)c2ccccc21)c1ccco1. The van der Waals surface area contributed by atoms with Gasteiger partial charge in [-0.2, -0.15) is 0 Å². The van der Waals surface area contributed by atoms with E-state index < -0.39 is 9.84 Å². The van der Waals surface area contributed by atoms with E-state index in [1.165, 1.54) is 0 Å². The number of hydrogen-bond donors (Lipinski definition) is 1. The molecule has 0 amide bonds. The van der Waals surface area contributed by atoms with Crippen molar-refractivity contribution in [3.05, 3.63) is 54.0 Å². The summed E-state index contributed by atoms with van der Waals surface area (Å²) in [7, 11) is -3.13. The van der Waals surface area contributed by atoms with Crippen molar-refractivity contribution in [2.45, 2.75) is 30.3 Å². The van der Waals surface area contributed by atoms with Crippen molar-refractivity contribution in [1.82, 2.24) is 5.32 Å². The van der Waals surface area contributed by atoms with Gasteiger partial charge in [0.1, 0.15) is 5.76 Å². The lowest BCUT2D eigenvalue weighted by atomic mass is 10.0. The molecule has 5 heteroatoms. The molecule has 0 saturated heterocycles. The van der Waals surface area contributed by atoms with Crippen molar-refractivity contribution >= 4 is 9.84 Å². The number of fused-ring (bicyclic) bond motifs is 1. The van der Waals surface area contributed by atoms with Crippen LogP contribution < -0.4 is 5.32 Å². The molecule has 1 aliphatic heterocycles. The average Bonchev–Trinajstić information content (AvgIpc) is 2.96. The second-order valence-corrected chi connectivity index (χ2v) is 7.18. The Labute approximate surface area is 118 Å². The Bertz CT molecular complexity index is 692. The molecule has 0 bridgehead atoms. The van der Waals surface area contributed by atoms with Crippen molar-refractivity contribution in [3.63, 3.8) is 0 Å². The van der Waals surface area contributed by atoms with E-state index in [1.807, 2.05) is 31.2 Å². The molecule has 0 fully saturated rings. The first-order chi connectivity index (χ1) is 9.58. The highest BCUT2D eigenvalue weighted by atomic mass is 32.2. The van der Waals surface area contributed by atoms with E-state index in [0.29, 0.717) is 11.3 Å². The Balaban J connectivity index is 1.89. The quantitative estimate of drug-likeness (QED) is 0.944. The van der Waals surface area contributed by atoms with E-state index in [2.05, 4.69) is 5.32 Å². The zero-order chi connectivity index (χ0) is 14.2. The standard InChI is InChI=1S/C15H17NO3S/c1-11(14-6-4-9-19-14)16-13-8-10-20(17,18)15-7-3-2-5-12(13)15/h2-7,9,11,13,16H,8,10H2,1H3/t11-,13?/m1/s1. The van der Waals surface area contributed by atoms with Crippen molar-refractivity contribution in [2.75, 3.05) is 5.75 Å². The minimum Gasteiger partial charge on any atom is -0.468 e. The number of nitrogens with one attached hydrogen (secondary N) is 1. The van der Waals surface area contributed by atoms with Crippen LogP contribution in [0.3, 0.4) is 0 Å². The van der Waals surface area contributed by atoms with Crippen LogP contribution in [0.2, 0.25) is 0 Å². The maximum Gasteiger partial charge on any atom is 0.178 e. The highest BCUT2D eigenvalue weighted by Gasteiger charge is 2.30. The molecular formula is C15H17NO3S. The van der Waals surface area contributed by atoms with Gasteiger partial charge in [-0.15, -0.1) is 0 Å². The van der Waals surface area contributed by atoms with Crippen molar-refractivity contribution in [1.29, 1.82) is 0 Å². The van der Waals surface area contributed by atoms with Crippen LogP contribution in [-0.4, -0.2) is 14.2 Å². The molecule has 1 aromatic carbocycles. The number of rotatable bonds is 3. The Morgan fingerprint density at radius 1 is 1.25 bits per heavy atom. The second-order valence-electron chi connectivity index (χ2n) is 5.10. The van der Waals surface area contributed by atoms with Crippen LogP contribution in [0.15, 0.2) is 52.0 Å². The van der Waals surface area contributed by atoms with Crippen molar-refractivity contribution < 1.29 is 12.8 Å². The van der Waals surface area contributed by atoms with Crippen LogP contribution in [0.5, 0.6) is 0 Å². The summed E-state index contributed by atoms with van der Waals surface area (Å²) >= 11 is 0. The van der Waals surface area contributed by atoms with Crippen LogP contribution in [-0.2, 0) is 9.84 Å². The third kappa shape index (κ3) is 2.39. The molecule has 0 radical (unpaired) electrons. The molecule has 0 saturated carbocycles. The summed E-state index contributed by atoms with van der Waals surface area (Å²) in [5, 5.41) is 3.46. The van der Waals surface area contributed by atoms with Crippen LogP contribution in [0.25, 0.3) is 0 Å². The Morgan fingerprint density at radius 3 is 2.80 bits per heavy atom. The van der Waals surface area contributed by atoms with Crippen LogP contribution >= 0.6 is 0 Å². The van der Waals surface area contributed by atoms with E-state index in [-0.39, 0.29) is 17.8 Å². The summed E-state index contributed by atoms with van der Waals surface area (Å²) in [5.41, 5.74) is 0.858. The third-order valence-electron chi connectivity index (χ3n) is 3.73. The average molecular weight is 291 g/mol. The first kappa shape index (κ1) is 13.4. The fourth-order valence-electron chi connectivity index (χ4n) is 2.68. The molecule has 2 heterocycles. The van der Waals surface area contributed by atoms with E-state index in [4.69, 9.17) is 4.42 Å². The number of furan rings is 1. The van der Waals surface area contributed by atoms with Gasteiger partial charge in [0, 0.05) is 6.04 Å². The summed E-state index contributed by atoms with van der Waals surface area (Å²) in [5.74, 6) is 1.04. The zero-order valence-electron chi connectivity index (χ0n) is 11.2. The number of sulfone groups is 1. The molecule has 1 aliphatic rings. The second kappa shape index (κ2) is 5.07. The van der Waals surface area contributed by atoms with E-state index >= 15 is 0 Å². The van der Waals surface area contributed by atoms with Gasteiger partial charge in [-0.1, -0.05) is 18.2 Å². The Morgan fingerprint density at radius 2 is 2.05 bits per heavy atom. The largest absolute Gasteiger partial charge is 0.468 e. The highest BCUT2D eigenvalue weighted by molar-refractivity contribution is 7.91. The fourth-order valence-corrected chi connectivity index (χ4v) is 4.31.